The maximum atomic E-state index is 13.4. The molecular weight excluding hydrogens is 229 g/mol. The van der Waals surface area contributed by atoms with Crippen molar-refractivity contribution in [3.8, 4) is 0 Å². The molecular formula is C14H20FN3. The van der Waals surface area contributed by atoms with Crippen LogP contribution in [0.5, 0.6) is 0 Å². The molecule has 0 saturated carbocycles. The van der Waals surface area contributed by atoms with Gasteiger partial charge in [-0.3, -0.25) is 0 Å². The third-order valence-corrected chi connectivity index (χ3v) is 3.35. The van der Waals surface area contributed by atoms with Crippen LogP contribution in [0, 0.1) is 5.82 Å². The number of rotatable bonds is 3. The van der Waals surface area contributed by atoms with Crippen LogP contribution in [0.2, 0.25) is 0 Å². The molecule has 0 aliphatic rings. The predicted octanol–water partition coefficient (Wildman–Crippen LogP) is 3.21. The minimum Gasteiger partial charge on any atom is -0.324 e. The van der Waals surface area contributed by atoms with Gasteiger partial charge in [-0.15, -0.1) is 0 Å². The number of nitrogens with one attached hydrogen (secondary N) is 1. The van der Waals surface area contributed by atoms with E-state index < -0.39 is 0 Å². The Balaban J connectivity index is 2.78. The summed E-state index contributed by atoms with van der Waals surface area (Å²) in [5, 5.41) is 3.25. The van der Waals surface area contributed by atoms with Gasteiger partial charge in [0.2, 0.25) is 0 Å². The Kier molecular flexibility index (Phi) is 3.15. The molecule has 3 nitrogen and oxygen atoms in total. The second kappa shape index (κ2) is 4.35. The van der Waals surface area contributed by atoms with E-state index in [1.54, 1.807) is 12.1 Å². The number of benzene rings is 1. The standard InChI is InChI=1S/C14H20FN3/c1-9(2)18-12-8-10(15)6-7-11(12)17-13(18)14(3,4)16-5/h6-9,16H,1-5H3. The SMILES string of the molecule is CNC(C)(C)c1nc2ccc(F)cc2n1C(C)C. The maximum absolute atomic E-state index is 13.4. The minimum absolute atomic E-state index is 0.224. The zero-order valence-electron chi connectivity index (χ0n) is 11.6. The first-order valence-corrected chi connectivity index (χ1v) is 6.23. The average Bonchev–Trinajstić information content (AvgIpc) is 2.68. The minimum atomic E-state index is -0.250. The van der Waals surface area contributed by atoms with Gasteiger partial charge in [0.1, 0.15) is 11.6 Å². The molecule has 1 aromatic heterocycles. The van der Waals surface area contributed by atoms with Gasteiger partial charge in [0.15, 0.2) is 0 Å². The fourth-order valence-corrected chi connectivity index (χ4v) is 2.14. The monoisotopic (exact) mass is 249 g/mol. The summed E-state index contributed by atoms with van der Waals surface area (Å²) in [5.41, 5.74) is 1.44. The topological polar surface area (TPSA) is 29.9 Å². The highest BCUT2D eigenvalue weighted by Gasteiger charge is 2.27. The normalized spacial score (nSPS) is 12.6. The average molecular weight is 249 g/mol. The highest BCUT2D eigenvalue weighted by atomic mass is 19.1. The highest BCUT2D eigenvalue weighted by molar-refractivity contribution is 5.76. The van der Waals surface area contributed by atoms with E-state index in [-0.39, 0.29) is 17.4 Å². The van der Waals surface area contributed by atoms with Crippen LogP contribution in [0.15, 0.2) is 18.2 Å². The maximum Gasteiger partial charge on any atom is 0.129 e. The summed E-state index contributed by atoms with van der Waals surface area (Å²) in [4.78, 5) is 4.65. The fourth-order valence-electron chi connectivity index (χ4n) is 2.14. The smallest absolute Gasteiger partial charge is 0.129 e. The van der Waals surface area contributed by atoms with Crippen LogP contribution in [0.25, 0.3) is 11.0 Å². The van der Waals surface area contributed by atoms with E-state index in [9.17, 15) is 4.39 Å². The van der Waals surface area contributed by atoms with Crippen LogP contribution in [0.4, 0.5) is 4.39 Å². The molecule has 0 aliphatic heterocycles. The van der Waals surface area contributed by atoms with E-state index in [4.69, 9.17) is 0 Å². The zero-order valence-corrected chi connectivity index (χ0v) is 11.6. The van der Waals surface area contributed by atoms with Crippen molar-refractivity contribution < 1.29 is 4.39 Å². The summed E-state index contributed by atoms with van der Waals surface area (Å²) in [6, 6.07) is 4.98. The highest BCUT2D eigenvalue weighted by Crippen LogP contribution is 2.28. The summed E-state index contributed by atoms with van der Waals surface area (Å²) < 4.78 is 15.5. The van der Waals surface area contributed by atoms with Crippen molar-refractivity contribution in [1.82, 2.24) is 14.9 Å². The fraction of sp³-hybridized carbons (Fsp3) is 0.500. The lowest BCUT2D eigenvalue weighted by Gasteiger charge is -2.26. The number of hydrogen-bond donors (Lipinski definition) is 1. The van der Waals surface area contributed by atoms with Crippen molar-refractivity contribution in [2.75, 3.05) is 7.05 Å². The van der Waals surface area contributed by atoms with Gasteiger partial charge in [-0.25, -0.2) is 9.37 Å². The molecule has 1 N–H and O–H groups in total. The summed E-state index contributed by atoms with van der Waals surface area (Å²) in [6.45, 7) is 8.31. The molecule has 0 aliphatic carbocycles. The first-order chi connectivity index (χ1) is 8.36. The summed E-state index contributed by atoms with van der Waals surface area (Å²) >= 11 is 0. The van der Waals surface area contributed by atoms with Crippen molar-refractivity contribution in [1.29, 1.82) is 0 Å². The molecule has 0 bridgehead atoms. The molecule has 0 saturated heterocycles. The molecule has 2 aromatic rings. The van der Waals surface area contributed by atoms with Gasteiger partial charge in [0.05, 0.1) is 16.6 Å². The lowest BCUT2D eigenvalue weighted by atomic mass is 10.0. The van der Waals surface area contributed by atoms with Crippen LogP contribution in [-0.4, -0.2) is 16.6 Å². The van der Waals surface area contributed by atoms with E-state index in [2.05, 4.69) is 42.6 Å². The number of fused-ring (bicyclic) bond motifs is 1. The Morgan fingerprint density at radius 2 is 2.00 bits per heavy atom. The van der Waals surface area contributed by atoms with Crippen molar-refractivity contribution in [3.63, 3.8) is 0 Å². The Labute approximate surface area is 107 Å². The zero-order chi connectivity index (χ0) is 13.5. The number of nitrogens with zero attached hydrogens (tertiary/aromatic N) is 2. The summed E-state index contributed by atoms with van der Waals surface area (Å²) in [7, 11) is 1.91. The molecule has 0 spiro atoms. The molecule has 4 heteroatoms. The van der Waals surface area contributed by atoms with Gasteiger partial charge in [0.25, 0.3) is 0 Å². The van der Waals surface area contributed by atoms with E-state index in [1.807, 2.05) is 7.05 Å². The molecule has 18 heavy (non-hydrogen) atoms. The lowest BCUT2D eigenvalue weighted by molar-refractivity contribution is 0.387. The summed E-state index contributed by atoms with van der Waals surface area (Å²) in [5.74, 6) is 0.707. The number of halogens is 1. The Hall–Kier alpha value is -1.42. The van der Waals surface area contributed by atoms with E-state index in [0.717, 1.165) is 16.9 Å². The third kappa shape index (κ3) is 2.01. The molecule has 2 rings (SSSR count). The quantitative estimate of drug-likeness (QED) is 0.905. The molecule has 0 radical (unpaired) electrons. The van der Waals surface area contributed by atoms with E-state index >= 15 is 0 Å². The van der Waals surface area contributed by atoms with Crippen molar-refractivity contribution >= 4 is 11.0 Å². The van der Waals surface area contributed by atoms with E-state index in [0.29, 0.717) is 0 Å². The van der Waals surface area contributed by atoms with E-state index in [1.165, 1.54) is 6.07 Å². The number of aromatic nitrogens is 2. The molecule has 1 heterocycles. The second-order valence-corrected chi connectivity index (χ2v) is 5.41. The number of hydrogen-bond acceptors (Lipinski definition) is 2. The largest absolute Gasteiger partial charge is 0.324 e. The Bertz CT molecular complexity index is 570. The van der Waals surface area contributed by atoms with Crippen LogP contribution in [-0.2, 0) is 5.54 Å². The molecule has 0 fully saturated rings. The number of imidazole rings is 1. The van der Waals surface area contributed by atoms with Gasteiger partial charge in [-0.1, -0.05) is 0 Å². The van der Waals surface area contributed by atoms with Crippen LogP contribution < -0.4 is 5.32 Å². The molecule has 98 valence electrons. The molecule has 0 atom stereocenters. The predicted molar refractivity (Wildman–Crippen MR) is 72.2 cm³/mol. The third-order valence-electron chi connectivity index (χ3n) is 3.35. The first kappa shape index (κ1) is 13.0. The Morgan fingerprint density at radius 1 is 1.33 bits per heavy atom. The van der Waals surface area contributed by atoms with Crippen molar-refractivity contribution in [2.24, 2.45) is 0 Å². The van der Waals surface area contributed by atoms with Crippen LogP contribution in [0.3, 0.4) is 0 Å². The first-order valence-electron chi connectivity index (χ1n) is 6.23. The Morgan fingerprint density at radius 3 is 2.56 bits per heavy atom. The lowest BCUT2D eigenvalue weighted by Crippen LogP contribution is -2.36. The van der Waals surface area contributed by atoms with Crippen LogP contribution in [0.1, 0.15) is 39.6 Å². The molecule has 0 amide bonds. The van der Waals surface area contributed by atoms with Gasteiger partial charge < -0.3 is 9.88 Å². The molecule has 0 unspecified atom stereocenters. The van der Waals surface area contributed by atoms with Gasteiger partial charge >= 0.3 is 0 Å². The van der Waals surface area contributed by atoms with Crippen LogP contribution >= 0.6 is 0 Å². The summed E-state index contributed by atoms with van der Waals surface area (Å²) in [6.07, 6.45) is 0. The van der Waals surface area contributed by atoms with Gasteiger partial charge in [-0.2, -0.15) is 0 Å². The molecule has 1 aromatic carbocycles. The van der Waals surface area contributed by atoms with Gasteiger partial charge in [0, 0.05) is 6.04 Å². The van der Waals surface area contributed by atoms with Crippen molar-refractivity contribution in [3.05, 3.63) is 29.8 Å². The second-order valence-electron chi connectivity index (χ2n) is 5.41. The van der Waals surface area contributed by atoms with Gasteiger partial charge in [-0.05, 0) is 52.9 Å². The van der Waals surface area contributed by atoms with Crippen molar-refractivity contribution in [2.45, 2.75) is 39.3 Å².